The van der Waals surface area contributed by atoms with Crippen molar-refractivity contribution < 1.29 is 14.6 Å². The van der Waals surface area contributed by atoms with E-state index >= 15 is 0 Å². The van der Waals surface area contributed by atoms with Crippen molar-refractivity contribution in [1.29, 1.82) is 0 Å². The summed E-state index contributed by atoms with van der Waals surface area (Å²) in [6, 6.07) is 4.27. The third-order valence-corrected chi connectivity index (χ3v) is 2.45. The Morgan fingerprint density at radius 2 is 2.00 bits per heavy atom. The number of hydrogen-bond donors (Lipinski definition) is 3. The van der Waals surface area contributed by atoms with Gasteiger partial charge in [0, 0.05) is 0 Å². The maximum atomic E-state index is 13.0. The first-order valence-corrected chi connectivity index (χ1v) is 5.42. The van der Waals surface area contributed by atoms with Crippen molar-refractivity contribution in [3.8, 4) is 0 Å². The van der Waals surface area contributed by atoms with Crippen LogP contribution in [0.15, 0.2) is 18.2 Å². The summed E-state index contributed by atoms with van der Waals surface area (Å²) in [4.78, 5) is 0. The zero-order valence-corrected chi connectivity index (χ0v) is 9.41. The predicted molar refractivity (Wildman–Crippen MR) is 60.6 cm³/mol. The molecule has 0 radical (unpaired) electrons. The molecule has 0 aromatic heterocycles. The lowest BCUT2D eigenvalue weighted by Crippen LogP contribution is -2.18. The minimum Gasteiger partial charge on any atom is -0.390 e. The summed E-state index contributed by atoms with van der Waals surface area (Å²) >= 11 is 3.96. The molecule has 2 unspecified atom stereocenters. The Bertz CT molecular complexity index is 310. The number of aliphatic hydroxyl groups excluding tert-OH is 2. The summed E-state index contributed by atoms with van der Waals surface area (Å²) in [6.45, 7) is 1.74. The average Bonchev–Trinajstić information content (AvgIpc) is 2.15. The Kier molecular flexibility index (Phi) is 4.57. The smallest absolute Gasteiger partial charge is 0.123 e. The van der Waals surface area contributed by atoms with Crippen LogP contribution in [0.5, 0.6) is 0 Å². The summed E-state index contributed by atoms with van der Waals surface area (Å²) in [6.07, 6.45) is -1.57. The van der Waals surface area contributed by atoms with Crippen molar-refractivity contribution in [2.75, 3.05) is 5.75 Å². The first-order valence-electron chi connectivity index (χ1n) is 4.78. The minimum absolute atomic E-state index is 0.375. The van der Waals surface area contributed by atoms with E-state index in [4.69, 9.17) is 0 Å². The van der Waals surface area contributed by atoms with Gasteiger partial charge in [0.05, 0.1) is 6.10 Å². The third kappa shape index (κ3) is 3.48. The molecule has 0 bridgehead atoms. The van der Waals surface area contributed by atoms with Gasteiger partial charge in [-0.3, -0.25) is 0 Å². The Balaban J connectivity index is 2.85. The largest absolute Gasteiger partial charge is 0.390 e. The van der Waals surface area contributed by atoms with Gasteiger partial charge in [-0.2, -0.15) is 12.6 Å². The summed E-state index contributed by atoms with van der Waals surface area (Å²) in [5.74, 6) is 0.0779. The van der Waals surface area contributed by atoms with E-state index in [0.29, 0.717) is 17.7 Å². The molecule has 1 aromatic rings. The molecule has 2 N–H and O–H groups in total. The van der Waals surface area contributed by atoms with E-state index in [1.165, 1.54) is 12.1 Å². The van der Waals surface area contributed by atoms with Crippen LogP contribution < -0.4 is 0 Å². The minimum atomic E-state index is -1.05. The van der Waals surface area contributed by atoms with Gasteiger partial charge in [-0.1, -0.05) is 6.07 Å². The summed E-state index contributed by atoms with van der Waals surface area (Å²) in [5.41, 5.74) is 1.13. The van der Waals surface area contributed by atoms with E-state index in [0.717, 1.165) is 5.56 Å². The van der Waals surface area contributed by atoms with Crippen molar-refractivity contribution >= 4 is 12.6 Å². The average molecular weight is 230 g/mol. The van der Waals surface area contributed by atoms with Crippen LogP contribution in [0.1, 0.15) is 23.7 Å². The van der Waals surface area contributed by atoms with E-state index in [1.807, 2.05) is 0 Å². The summed E-state index contributed by atoms with van der Waals surface area (Å²) < 4.78 is 13.0. The van der Waals surface area contributed by atoms with Gasteiger partial charge in [0.1, 0.15) is 11.9 Å². The molecule has 1 aromatic carbocycles. The van der Waals surface area contributed by atoms with Crippen molar-refractivity contribution in [3.63, 3.8) is 0 Å². The molecule has 2 nitrogen and oxygen atoms in total. The Hall–Kier alpha value is -0.580. The lowest BCUT2D eigenvalue weighted by Gasteiger charge is -2.17. The van der Waals surface area contributed by atoms with Gasteiger partial charge in [-0.25, -0.2) is 4.39 Å². The molecule has 0 amide bonds. The molecule has 0 saturated carbocycles. The lowest BCUT2D eigenvalue weighted by atomic mass is 10.0. The van der Waals surface area contributed by atoms with E-state index in [2.05, 4.69) is 12.6 Å². The maximum absolute atomic E-state index is 13.0. The molecular formula is C11H15FO2S. The van der Waals surface area contributed by atoms with Gasteiger partial charge in [-0.05, 0) is 42.4 Å². The summed E-state index contributed by atoms with van der Waals surface area (Å²) in [5, 5.41) is 19.2. The standard InChI is InChI=1S/C11H15FO2S/c1-7-4-8(6-9(12)5-7)11(14)10(13)2-3-15/h4-6,10-11,13-15H,2-3H2,1H3. The summed E-state index contributed by atoms with van der Waals surface area (Å²) in [7, 11) is 0. The highest BCUT2D eigenvalue weighted by Crippen LogP contribution is 2.21. The molecule has 15 heavy (non-hydrogen) atoms. The highest BCUT2D eigenvalue weighted by atomic mass is 32.1. The van der Waals surface area contributed by atoms with E-state index in [-0.39, 0.29) is 0 Å². The first-order chi connectivity index (χ1) is 7.04. The third-order valence-electron chi connectivity index (χ3n) is 2.20. The number of aliphatic hydroxyl groups is 2. The molecule has 84 valence electrons. The van der Waals surface area contributed by atoms with Gasteiger partial charge >= 0.3 is 0 Å². The molecule has 0 saturated heterocycles. The van der Waals surface area contributed by atoms with Crippen LogP contribution in [0.25, 0.3) is 0 Å². The van der Waals surface area contributed by atoms with Gasteiger partial charge in [-0.15, -0.1) is 0 Å². The van der Waals surface area contributed by atoms with Crippen LogP contribution in [-0.4, -0.2) is 22.1 Å². The number of benzene rings is 1. The number of hydrogen-bond acceptors (Lipinski definition) is 3. The van der Waals surface area contributed by atoms with Crippen LogP contribution in [0.3, 0.4) is 0 Å². The van der Waals surface area contributed by atoms with Crippen LogP contribution in [0.4, 0.5) is 4.39 Å². The predicted octanol–water partition coefficient (Wildman–Crippen LogP) is 1.85. The fourth-order valence-corrected chi connectivity index (χ4v) is 1.71. The highest BCUT2D eigenvalue weighted by Gasteiger charge is 2.18. The van der Waals surface area contributed by atoms with Crippen molar-refractivity contribution in [1.82, 2.24) is 0 Å². The fourth-order valence-electron chi connectivity index (χ4n) is 1.45. The molecule has 0 spiro atoms. The molecule has 2 atom stereocenters. The van der Waals surface area contributed by atoms with Gasteiger partial charge < -0.3 is 10.2 Å². The molecule has 0 aliphatic heterocycles. The Morgan fingerprint density at radius 1 is 1.33 bits per heavy atom. The van der Waals surface area contributed by atoms with E-state index < -0.39 is 18.0 Å². The zero-order valence-electron chi connectivity index (χ0n) is 8.52. The van der Waals surface area contributed by atoms with Crippen LogP contribution in [0.2, 0.25) is 0 Å². The first kappa shape index (κ1) is 12.5. The second-order valence-electron chi connectivity index (χ2n) is 3.59. The molecule has 0 aliphatic carbocycles. The Morgan fingerprint density at radius 3 is 2.53 bits per heavy atom. The van der Waals surface area contributed by atoms with Crippen molar-refractivity contribution in [3.05, 3.63) is 35.1 Å². The van der Waals surface area contributed by atoms with Gasteiger partial charge in [0.2, 0.25) is 0 Å². The SMILES string of the molecule is Cc1cc(F)cc(C(O)C(O)CCS)c1. The van der Waals surface area contributed by atoms with E-state index in [1.54, 1.807) is 13.0 Å². The zero-order chi connectivity index (χ0) is 11.4. The quantitative estimate of drug-likeness (QED) is 0.691. The molecule has 0 aliphatic rings. The molecule has 1 rings (SSSR count). The highest BCUT2D eigenvalue weighted by molar-refractivity contribution is 7.80. The van der Waals surface area contributed by atoms with Crippen LogP contribution in [0, 0.1) is 12.7 Å². The topological polar surface area (TPSA) is 40.5 Å². The monoisotopic (exact) mass is 230 g/mol. The Labute approximate surface area is 94.2 Å². The normalized spacial score (nSPS) is 15.0. The molecule has 4 heteroatoms. The van der Waals surface area contributed by atoms with Crippen LogP contribution >= 0.6 is 12.6 Å². The number of aryl methyl sites for hydroxylation is 1. The van der Waals surface area contributed by atoms with Gasteiger partial charge in [0.25, 0.3) is 0 Å². The number of thiol groups is 1. The van der Waals surface area contributed by atoms with Crippen molar-refractivity contribution in [2.24, 2.45) is 0 Å². The number of halogens is 1. The molecule has 0 fully saturated rings. The second-order valence-corrected chi connectivity index (χ2v) is 4.03. The molecule has 0 heterocycles. The fraction of sp³-hybridized carbons (Fsp3) is 0.455. The maximum Gasteiger partial charge on any atom is 0.123 e. The van der Waals surface area contributed by atoms with Crippen LogP contribution in [-0.2, 0) is 0 Å². The molecular weight excluding hydrogens is 215 g/mol. The number of rotatable bonds is 4. The van der Waals surface area contributed by atoms with Gasteiger partial charge in [0.15, 0.2) is 0 Å². The second kappa shape index (κ2) is 5.49. The lowest BCUT2D eigenvalue weighted by molar-refractivity contribution is 0.0170. The van der Waals surface area contributed by atoms with E-state index in [9.17, 15) is 14.6 Å². The van der Waals surface area contributed by atoms with Crippen molar-refractivity contribution in [2.45, 2.75) is 25.6 Å².